The molecule has 3 heterocycles. The number of esters is 2. The molecule has 6 aromatic rings. The average Bonchev–Trinajstić information content (AvgIpc) is 3.73. The number of ether oxygens (including phenoxy) is 2. The number of rotatable bonds is 7. The zero-order valence-electron chi connectivity index (χ0n) is 20.9. The van der Waals surface area contributed by atoms with Crippen molar-refractivity contribution in [3.05, 3.63) is 115 Å². The molecule has 0 atom stereocenters. The van der Waals surface area contributed by atoms with E-state index in [4.69, 9.17) is 18.3 Å². The van der Waals surface area contributed by atoms with E-state index < -0.39 is 11.9 Å². The van der Waals surface area contributed by atoms with Crippen LogP contribution < -0.4 is 9.47 Å². The monoisotopic (exact) mass is 518 g/mol. The number of carbonyl (C=O) groups is 2. The van der Waals surface area contributed by atoms with E-state index in [0.29, 0.717) is 5.56 Å². The number of benzene rings is 3. The first-order chi connectivity index (χ1) is 19.1. The second-order valence-corrected chi connectivity index (χ2v) is 8.65. The van der Waals surface area contributed by atoms with Gasteiger partial charge in [-0.3, -0.25) is 4.99 Å². The number of aryl methyl sites for hydroxylation is 1. The van der Waals surface area contributed by atoms with Gasteiger partial charge in [0.15, 0.2) is 0 Å². The third-order valence-electron chi connectivity index (χ3n) is 6.27. The van der Waals surface area contributed by atoms with Crippen LogP contribution >= 0.6 is 0 Å². The molecular weight excluding hydrogens is 496 g/mol. The maximum absolute atomic E-state index is 12.6. The maximum atomic E-state index is 12.6. The first kappa shape index (κ1) is 24.0. The maximum Gasteiger partial charge on any atom is 0.379 e. The van der Waals surface area contributed by atoms with Gasteiger partial charge in [-0.25, -0.2) is 9.59 Å². The van der Waals surface area contributed by atoms with Crippen LogP contribution in [0.3, 0.4) is 0 Å². The van der Waals surface area contributed by atoms with Crippen molar-refractivity contribution in [2.75, 3.05) is 0 Å². The molecule has 0 bridgehead atoms. The summed E-state index contributed by atoms with van der Waals surface area (Å²) < 4.78 is 23.5. The summed E-state index contributed by atoms with van der Waals surface area (Å²) >= 11 is 0. The fourth-order valence-electron chi connectivity index (χ4n) is 4.48. The van der Waals surface area contributed by atoms with E-state index >= 15 is 0 Å². The van der Waals surface area contributed by atoms with Crippen molar-refractivity contribution in [3.8, 4) is 11.5 Å². The molecule has 192 valence electrons. The molecular formula is C31H22N2O6. The van der Waals surface area contributed by atoms with E-state index in [1.54, 1.807) is 30.5 Å². The summed E-state index contributed by atoms with van der Waals surface area (Å²) in [6.07, 6.45) is 4.36. The molecule has 0 spiro atoms. The van der Waals surface area contributed by atoms with E-state index in [1.165, 1.54) is 36.2 Å². The lowest BCUT2D eigenvalue weighted by Gasteiger charge is -2.09. The van der Waals surface area contributed by atoms with Crippen LogP contribution in [-0.4, -0.2) is 22.7 Å². The molecule has 0 unspecified atom stereocenters. The fraction of sp³-hybridized carbons (Fsp3) is 0.0645. The Morgan fingerprint density at radius 2 is 1.51 bits per heavy atom. The average molecular weight is 519 g/mol. The number of hydrogen-bond donors (Lipinski definition) is 0. The Balaban J connectivity index is 1.34. The van der Waals surface area contributed by atoms with E-state index in [0.717, 1.165) is 28.5 Å². The Morgan fingerprint density at radius 3 is 2.23 bits per heavy atom. The van der Waals surface area contributed by atoms with Gasteiger partial charge in [-0.05, 0) is 67.6 Å². The number of carbonyl (C=O) groups excluding carboxylic acids is 2. The third-order valence-corrected chi connectivity index (χ3v) is 6.27. The second-order valence-electron chi connectivity index (χ2n) is 8.65. The predicted octanol–water partition coefficient (Wildman–Crippen LogP) is 7.19. The predicted molar refractivity (Wildman–Crippen MR) is 146 cm³/mol. The van der Waals surface area contributed by atoms with Crippen LogP contribution in [0.1, 0.15) is 33.6 Å². The molecule has 0 aliphatic heterocycles. The zero-order valence-corrected chi connectivity index (χ0v) is 20.9. The van der Waals surface area contributed by atoms with Gasteiger partial charge < -0.3 is 22.9 Å². The van der Waals surface area contributed by atoms with Gasteiger partial charge in [-0.1, -0.05) is 18.2 Å². The lowest BCUT2D eigenvalue weighted by molar-refractivity contribution is 0.0698. The van der Waals surface area contributed by atoms with Crippen LogP contribution in [0.2, 0.25) is 0 Å². The van der Waals surface area contributed by atoms with Crippen LogP contribution in [0.25, 0.3) is 21.8 Å². The highest BCUT2D eigenvalue weighted by Crippen LogP contribution is 2.32. The SMILES string of the molecule is CCn1c2ccccc2c2cc(N=Cc3ccc(OC(=O)c4ccco4)cc3OC(=O)c3ccco3)ccc21. The number of fused-ring (bicyclic) bond motifs is 3. The number of nitrogens with zero attached hydrogens (tertiary/aromatic N) is 2. The Hall–Kier alpha value is -5.37. The van der Waals surface area contributed by atoms with Gasteiger partial charge in [0.2, 0.25) is 11.5 Å². The Kier molecular flexibility index (Phi) is 6.26. The summed E-state index contributed by atoms with van der Waals surface area (Å²) in [5, 5.41) is 2.26. The van der Waals surface area contributed by atoms with Crippen molar-refractivity contribution in [1.82, 2.24) is 4.57 Å². The third kappa shape index (κ3) is 4.71. The highest BCUT2D eigenvalue weighted by molar-refractivity contribution is 6.09. The minimum absolute atomic E-state index is 0.0358. The molecule has 0 fully saturated rings. The number of aromatic nitrogens is 1. The van der Waals surface area contributed by atoms with Crippen molar-refractivity contribution in [2.45, 2.75) is 13.5 Å². The first-order valence-electron chi connectivity index (χ1n) is 12.3. The number of aliphatic imine (C=N–C) groups is 1. The summed E-state index contributed by atoms with van der Waals surface area (Å²) in [5.41, 5.74) is 3.54. The van der Waals surface area contributed by atoms with Gasteiger partial charge in [0.05, 0.1) is 18.2 Å². The second kappa shape index (κ2) is 10.2. The Bertz CT molecular complexity index is 1830. The summed E-state index contributed by atoms with van der Waals surface area (Å²) in [6, 6.07) is 25.2. The molecule has 0 aliphatic carbocycles. The normalized spacial score (nSPS) is 11.4. The van der Waals surface area contributed by atoms with E-state index in [-0.39, 0.29) is 23.0 Å². The minimum atomic E-state index is -0.696. The quantitative estimate of drug-likeness (QED) is 0.126. The number of furan rings is 2. The summed E-state index contributed by atoms with van der Waals surface area (Å²) in [7, 11) is 0. The van der Waals surface area contributed by atoms with Crippen LogP contribution in [0.15, 0.2) is 111 Å². The van der Waals surface area contributed by atoms with E-state index in [9.17, 15) is 9.59 Å². The van der Waals surface area contributed by atoms with Gasteiger partial charge in [0.25, 0.3) is 0 Å². The highest BCUT2D eigenvalue weighted by atomic mass is 16.6. The molecule has 8 nitrogen and oxygen atoms in total. The molecule has 8 heteroatoms. The topological polar surface area (TPSA) is 96.2 Å². The van der Waals surface area contributed by atoms with Gasteiger partial charge in [0.1, 0.15) is 11.5 Å². The van der Waals surface area contributed by atoms with Gasteiger partial charge in [0, 0.05) is 46.2 Å². The molecule has 0 N–H and O–H groups in total. The first-order valence-corrected chi connectivity index (χ1v) is 12.3. The van der Waals surface area contributed by atoms with Crippen molar-refractivity contribution in [3.63, 3.8) is 0 Å². The van der Waals surface area contributed by atoms with Crippen molar-refractivity contribution < 1.29 is 27.9 Å². The summed E-state index contributed by atoms with van der Waals surface area (Å²) in [5.74, 6) is -0.969. The molecule has 6 rings (SSSR count). The number of hydrogen-bond acceptors (Lipinski definition) is 7. The highest BCUT2D eigenvalue weighted by Gasteiger charge is 2.17. The standard InChI is InChI=1S/C31H22N2O6/c1-2-33-25-8-4-3-7-23(25)24-17-21(12-14-26(24)33)32-19-20-11-13-22(38-30(34)27-9-5-15-36-27)18-29(20)39-31(35)28-10-6-16-37-28/h3-19H,2H2,1H3. The summed E-state index contributed by atoms with van der Waals surface area (Å²) in [6.45, 7) is 2.98. The van der Waals surface area contributed by atoms with Gasteiger partial charge in [-0.2, -0.15) is 0 Å². The van der Waals surface area contributed by atoms with Crippen molar-refractivity contribution >= 4 is 45.6 Å². The van der Waals surface area contributed by atoms with Crippen molar-refractivity contribution in [1.29, 1.82) is 0 Å². The van der Waals surface area contributed by atoms with Crippen LogP contribution in [-0.2, 0) is 6.54 Å². The molecule has 0 saturated carbocycles. The Labute approximate surface area is 222 Å². The molecule has 0 saturated heterocycles. The molecule has 39 heavy (non-hydrogen) atoms. The van der Waals surface area contributed by atoms with Crippen LogP contribution in [0.5, 0.6) is 11.5 Å². The smallest absolute Gasteiger partial charge is 0.379 e. The van der Waals surface area contributed by atoms with Gasteiger partial charge in [-0.15, -0.1) is 0 Å². The molecule has 0 amide bonds. The lowest BCUT2D eigenvalue weighted by Crippen LogP contribution is -2.10. The van der Waals surface area contributed by atoms with Crippen LogP contribution in [0.4, 0.5) is 5.69 Å². The van der Waals surface area contributed by atoms with Gasteiger partial charge >= 0.3 is 11.9 Å². The van der Waals surface area contributed by atoms with Crippen LogP contribution in [0, 0.1) is 0 Å². The minimum Gasteiger partial charge on any atom is -0.457 e. The zero-order chi connectivity index (χ0) is 26.8. The fourth-order valence-corrected chi connectivity index (χ4v) is 4.48. The molecule has 3 aromatic heterocycles. The summed E-state index contributed by atoms with van der Waals surface area (Å²) in [4.78, 5) is 29.6. The van der Waals surface area contributed by atoms with E-state index in [2.05, 4.69) is 34.7 Å². The molecule has 0 radical (unpaired) electrons. The van der Waals surface area contributed by atoms with Crippen molar-refractivity contribution in [2.24, 2.45) is 4.99 Å². The Morgan fingerprint density at radius 1 is 0.795 bits per heavy atom. The number of para-hydroxylation sites is 1. The van der Waals surface area contributed by atoms with E-state index in [1.807, 2.05) is 24.3 Å². The lowest BCUT2D eigenvalue weighted by atomic mass is 10.1. The molecule has 0 aliphatic rings. The molecule has 3 aromatic carbocycles. The largest absolute Gasteiger partial charge is 0.457 e.